The first-order valence-electron chi connectivity index (χ1n) is 5.57. The number of anilines is 1. The van der Waals surface area contributed by atoms with Crippen LogP contribution < -0.4 is 4.72 Å². The van der Waals surface area contributed by atoms with Crippen molar-refractivity contribution in [2.75, 3.05) is 4.72 Å². The number of benzene rings is 2. The van der Waals surface area contributed by atoms with Crippen LogP contribution in [0, 0.1) is 0 Å². The highest BCUT2D eigenvalue weighted by Crippen LogP contribution is 2.29. The van der Waals surface area contributed by atoms with E-state index in [0.717, 1.165) is 15.7 Å². The van der Waals surface area contributed by atoms with Gasteiger partial charge in [0.25, 0.3) is 0 Å². The summed E-state index contributed by atoms with van der Waals surface area (Å²) in [6.07, 6.45) is 1.95. The lowest BCUT2D eigenvalue weighted by Crippen LogP contribution is -1.86. The maximum Gasteiger partial charge on any atom is 0.0486 e. The lowest BCUT2D eigenvalue weighted by atomic mass is 10.2. The van der Waals surface area contributed by atoms with Crippen LogP contribution >= 0.6 is 27.9 Å². The highest BCUT2D eigenvalue weighted by molar-refractivity contribution is 9.10. The van der Waals surface area contributed by atoms with Gasteiger partial charge in [-0.3, -0.25) is 0 Å². The molecule has 2 aromatic carbocycles. The van der Waals surface area contributed by atoms with Crippen LogP contribution in [0.4, 0.5) is 5.69 Å². The Hall–Kier alpha value is -1.39. The van der Waals surface area contributed by atoms with Crippen LogP contribution in [0.25, 0.3) is 10.9 Å². The molecule has 1 heterocycles. The van der Waals surface area contributed by atoms with Crippen LogP contribution in [0.5, 0.6) is 0 Å². The molecule has 4 heteroatoms. The van der Waals surface area contributed by atoms with Crippen LogP contribution in [0.3, 0.4) is 0 Å². The molecule has 0 aliphatic carbocycles. The number of fused-ring (bicyclic) bond motifs is 1. The molecule has 0 saturated heterocycles. The van der Waals surface area contributed by atoms with Gasteiger partial charge in [0.15, 0.2) is 0 Å². The topological polar surface area (TPSA) is 27.8 Å². The van der Waals surface area contributed by atoms with Crippen molar-refractivity contribution in [1.82, 2.24) is 4.98 Å². The van der Waals surface area contributed by atoms with E-state index in [-0.39, 0.29) is 0 Å². The number of hydrogen-bond donors (Lipinski definition) is 2. The Morgan fingerprint density at radius 1 is 1.06 bits per heavy atom. The van der Waals surface area contributed by atoms with Gasteiger partial charge in [-0.2, -0.15) is 0 Å². The minimum Gasteiger partial charge on any atom is -0.361 e. The van der Waals surface area contributed by atoms with E-state index in [9.17, 15) is 0 Å². The smallest absolute Gasteiger partial charge is 0.0486 e. The minimum atomic E-state index is 1.07. The van der Waals surface area contributed by atoms with Crippen molar-refractivity contribution in [3.63, 3.8) is 0 Å². The summed E-state index contributed by atoms with van der Waals surface area (Å²) in [5.41, 5.74) is 2.20. The third kappa shape index (κ3) is 2.40. The molecule has 0 saturated carbocycles. The van der Waals surface area contributed by atoms with Crippen LogP contribution in [0.1, 0.15) is 0 Å². The maximum atomic E-state index is 3.58. The van der Waals surface area contributed by atoms with Crippen molar-refractivity contribution < 1.29 is 0 Å². The Labute approximate surface area is 118 Å². The molecular weight excluding hydrogens is 308 g/mol. The average Bonchev–Trinajstić information content (AvgIpc) is 2.86. The Morgan fingerprint density at radius 3 is 2.72 bits per heavy atom. The summed E-state index contributed by atoms with van der Waals surface area (Å²) >= 11 is 5.19. The van der Waals surface area contributed by atoms with E-state index < -0.39 is 0 Å². The van der Waals surface area contributed by atoms with Gasteiger partial charge in [-0.25, -0.2) is 0 Å². The summed E-state index contributed by atoms with van der Waals surface area (Å²) in [5, 5.41) is 1.20. The fourth-order valence-electron chi connectivity index (χ4n) is 1.79. The summed E-state index contributed by atoms with van der Waals surface area (Å²) < 4.78 is 4.45. The quantitative estimate of drug-likeness (QED) is 0.661. The second-order valence-corrected chi connectivity index (χ2v) is 5.65. The van der Waals surface area contributed by atoms with E-state index in [1.54, 1.807) is 11.9 Å². The summed E-state index contributed by atoms with van der Waals surface area (Å²) in [4.78, 5) is 4.41. The Bertz CT molecular complexity index is 664. The standard InChI is InChI=1S/C14H11BrN2S/c15-13-8-10(9-14-12(13)6-7-16-14)17-18-11-4-2-1-3-5-11/h1-9,16-17H. The van der Waals surface area contributed by atoms with E-state index in [1.165, 1.54) is 10.3 Å². The van der Waals surface area contributed by atoms with Gasteiger partial charge in [-0.1, -0.05) is 34.1 Å². The van der Waals surface area contributed by atoms with Gasteiger partial charge in [-0.15, -0.1) is 0 Å². The molecular formula is C14H11BrN2S. The molecule has 3 rings (SSSR count). The second kappa shape index (κ2) is 5.08. The monoisotopic (exact) mass is 318 g/mol. The van der Waals surface area contributed by atoms with Crippen molar-refractivity contribution in [1.29, 1.82) is 0 Å². The number of hydrogen-bond acceptors (Lipinski definition) is 2. The van der Waals surface area contributed by atoms with E-state index in [1.807, 2.05) is 24.4 Å². The molecule has 0 amide bonds. The van der Waals surface area contributed by atoms with Crippen molar-refractivity contribution >= 4 is 44.5 Å². The number of nitrogens with one attached hydrogen (secondary N) is 2. The Morgan fingerprint density at radius 2 is 1.89 bits per heavy atom. The fourth-order valence-corrected chi connectivity index (χ4v) is 3.03. The molecule has 0 aliphatic rings. The summed E-state index contributed by atoms with van der Waals surface area (Å²) in [6, 6.07) is 16.5. The maximum absolute atomic E-state index is 3.58. The van der Waals surface area contributed by atoms with Crippen molar-refractivity contribution in [2.24, 2.45) is 0 Å². The van der Waals surface area contributed by atoms with E-state index in [2.05, 4.69) is 56.0 Å². The highest BCUT2D eigenvalue weighted by atomic mass is 79.9. The molecule has 3 aromatic rings. The number of aromatic nitrogens is 1. The molecule has 18 heavy (non-hydrogen) atoms. The number of halogens is 1. The van der Waals surface area contributed by atoms with Crippen LogP contribution in [-0.4, -0.2) is 4.98 Å². The number of aromatic amines is 1. The van der Waals surface area contributed by atoms with E-state index >= 15 is 0 Å². The van der Waals surface area contributed by atoms with Crippen molar-refractivity contribution in [3.05, 3.63) is 59.2 Å². The van der Waals surface area contributed by atoms with Gasteiger partial charge in [0.1, 0.15) is 0 Å². The first-order valence-corrected chi connectivity index (χ1v) is 7.18. The molecule has 1 aromatic heterocycles. The highest BCUT2D eigenvalue weighted by Gasteiger charge is 2.03. The van der Waals surface area contributed by atoms with Crippen LogP contribution in [-0.2, 0) is 0 Å². The fraction of sp³-hybridized carbons (Fsp3) is 0. The predicted molar refractivity (Wildman–Crippen MR) is 81.9 cm³/mol. The molecule has 0 bridgehead atoms. The third-order valence-electron chi connectivity index (χ3n) is 2.65. The van der Waals surface area contributed by atoms with Gasteiger partial charge < -0.3 is 9.71 Å². The summed E-state index contributed by atoms with van der Waals surface area (Å²) in [7, 11) is 0. The van der Waals surface area contributed by atoms with E-state index in [0.29, 0.717) is 0 Å². The van der Waals surface area contributed by atoms with Gasteiger partial charge in [-0.05, 0) is 42.3 Å². The minimum absolute atomic E-state index is 1.07. The zero-order chi connectivity index (χ0) is 12.4. The molecule has 2 N–H and O–H groups in total. The molecule has 0 unspecified atom stereocenters. The van der Waals surface area contributed by atoms with Gasteiger partial charge >= 0.3 is 0 Å². The number of H-pyrrole nitrogens is 1. The molecule has 90 valence electrons. The zero-order valence-electron chi connectivity index (χ0n) is 9.48. The molecule has 0 radical (unpaired) electrons. The summed E-state index contributed by atoms with van der Waals surface area (Å²) in [6.45, 7) is 0. The zero-order valence-corrected chi connectivity index (χ0v) is 11.9. The molecule has 2 nitrogen and oxygen atoms in total. The van der Waals surface area contributed by atoms with Gasteiger partial charge in [0.2, 0.25) is 0 Å². The van der Waals surface area contributed by atoms with Crippen LogP contribution in [0.2, 0.25) is 0 Å². The molecule has 0 atom stereocenters. The summed E-state index contributed by atoms with van der Waals surface area (Å²) in [5.74, 6) is 0. The first-order chi connectivity index (χ1) is 8.83. The SMILES string of the molecule is Brc1cc(NSc2ccccc2)cc2[nH]ccc12. The third-order valence-corrected chi connectivity index (χ3v) is 4.15. The molecule has 0 fully saturated rings. The van der Waals surface area contributed by atoms with Crippen molar-refractivity contribution in [3.8, 4) is 0 Å². The van der Waals surface area contributed by atoms with Gasteiger partial charge in [0, 0.05) is 32.2 Å². The van der Waals surface area contributed by atoms with Crippen molar-refractivity contribution in [2.45, 2.75) is 4.90 Å². The van der Waals surface area contributed by atoms with E-state index in [4.69, 9.17) is 0 Å². The van der Waals surface area contributed by atoms with Crippen LogP contribution in [0.15, 0.2) is 64.1 Å². The lowest BCUT2D eigenvalue weighted by Gasteiger charge is -2.06. The first kappa shape index (κ1) is 11.7. The predicted octanol–water partition coefficient (Wildman–Crippen LogP) is 5.05. The average molecular weight is 319 g/mol. The largest absolute Gasteiger partial charge is 0.361 e. The lowest BCUT2D eigenvalue weighted by molar-refractivity contribution is 1.46. The normalized spacial score (nSPS) is 10.7. The second-order valence-electron chi connectivity index (χ2n) is 3.91. The molecule has 0 spiro atoms. The Kier molecular flexibility index (Phi) is 3.30. The van der Waals surface area contributed by atoms with Gasteiger partial charge in [0.05, 0.1) is 0 Å². The number of rotatable bonds is 3. The Balaban J connectivity index is 1.82. The molecule has 0 aliphatic heterocycles.